The summed E-state index contributed by atoms with van der Waals surface area (Å²) in [6.45, 7) is 1.85. The fraction of sp³-hybridized carbons (Fsp3) is 0.333. The molecule has 0 aromatic carbocycles. The highest BCUT2D eigenvalue weighted by atomic mass is 16.3. The van der Waals surface area contributed by atoms with Crippen LogP contribution in [0.2, 0.25) is 0 Å². The number of urea groups is 1. The highest BCUT2D eigenvalue weighted by molar-refractivity contribution is 5.94. The minimum atomic E-state index is -0.854. The number of rotatable bonds is 4. The van der Waals surface area contributed by atoms with Crippen LogP contribution in [0.25, 0.3) is 0 Å². The van der Waals surface area contributed by atoms with Crippen LogP contribution < -0.4 is 16.4 Å². The lowest BCUT2D eigenvalue weighted by molar-refractivity contribution is -0.119. The van der Waals surface area contributed by atoms with Gasteiger partial charge in [-0.15, -0.1) is 0 Å². The van der Waals surface area contributed by atoms with E-state index in [2.05, 4.69) is 5.32 Å². The molecule has 3 amide bonds. The van der Waals surface area contributed by atoms with Crippen LogP contribution in [-0.4, -0.2) is 18.5 Å². The fourth-order valence-electron chi connectivity index (χ4n) is 1.07. The van der Waals surface area contributed by atoms with Crippen LogP contribution >= 0.6 is 0 Å². The van der Waals surface area contributed by atoms with Crippen molar-refractivity contribution in [2.24, 2.45) is 5.73 Å². The standard InChI is InChI=1S/C9H13N3O3/c1-6(7-3-2-4-15-7)11-5-8(13)12-9(10)14/h2-4,6,11H,5H2,1H3,(H3,10,12,13,14)/t6-/m1/s1. The molecule has 1 aromatic heterocycles. The molecule has 0 aliphatic rings. The van der Waals surface area contributed by atoms with Crippen LogP contribution in [0, 0.1) is 0 Å². The van der Waals surface area contributed by atoms with E-state index < -0.39 is 11.9 Å². The van der Waals surface area contributed by atoms with Gasteiger partial charge in [-0.3, -0.25) is 15.4 Å². The van der Waals surface area contributed by atoms with E-state index in [1.165, 1.54) is 0 Å². The molecule has 82 valence electrons. The van der Waals surface area contributed by atoms with Gasteiger partial charge in [0.2, 0.25) is 5.91 Å². The van der Waals surface area contributed by atoms with Crippen molar-refractivity contribution in [3.05, 3.63) is 24.2 Å². The molecule has 1 heterocycles. The highest BCUT2D eigenvalue weighted by Crippen LogP contribution is 2.11. The summed E-state index contributed by atoms with van der Waals surface area (Å²) in [6, 6.07) is 2.60. The van der Waals surface area contributed by atoms with Crippen LogP contribution in [0.4, 0.5) is 4.79 Å². The average molecular weight is 211 g/mol. The average Bonchev–Trinajstić information content (AvgIpc) is 2.65. The smallest absolute Gasteiger partial charge is 0.318 e. The van der Waals surface area contributed by atoms with Crippen molar-refractivity contribution in [1.29, 1.82) is 0 Å². The van der Waals surface area contributed by atoms with Gasteiger partial charge >= 0.3 is 6.03 Å². The minimum Gasteiger partial charge on any atom is -0.468 e. The van der Waals surface area contributed by atoms with E-state index in [0.717, 1.165) is 5.76 Å². The third-order valence-electron chi connectivity index (χ3n) is 1.80. The van der Waals surface area contributed by atoms with Crippen molar-refractivity contribution in [3.63, 3.8) is 0 Å². The molecule has 0 bridgehead atoms. The number of carbonyl (C=O) groups excluding carboxylic acids is 2. The van der Waals surface area contributed by atoms with Crippen LogP contribution in [0.5, 0.6) is 0 Å². The summed E-state index contributed by atoms with van der Waals surface area (Å²) in [7, 11) is 0. The Morgan fingerprint density at radius 2 is 2.33 bits per heavy atom. The first-order valence-electron chi connectivity index (χ1n) is 4.45. The van der Waals surface area contributed by atoms with E-state index in [-0.39, 0.29) is 12.6 Å². The van der Waals surface area contributed by atoms with Gasteiger partial charge in [-0.1, -0.05) is 0 Å². The number of nitrogens with two attached hydrogens (primary N) is 1. The lowest BCUT2D eigenvalue weighted by Crippen LogP contribution is -2.41. The van der Waals surface area contributed by atoms with Crippen LogP contribution in [0.3, 0.4) is 0 Å². The molecule has 0 unspecified atom stereocenters. The number of hydrogen-bond donors (Lipinski definition) is 3. The van der Waals surface area contributed by atoms with Crippen molar-refractivity contribution in [2.45, 2.75) is 13.0 Å². The predicted molar refractivity (Wildman–Crippen MR) is 52.9 cm³/mol. The van der Waals surface area contributed by atoms with Crippen molar-refractivity contribution >= 4 is 11.9 Å². The molecule has 0 aliphatic carbocycles. The molecular weight excluding hydrogens is 198 g/mol. The lowest BCUT2D eigenvalue weighted by atomic mass is 10.2. The second kappa shape index (κ2) is 5.16. The van der Waals surface area contributed by atoms with Gasteiger partial charge in [0.1, 0.15) is 5.76 Å². The quantitative estimate of drug-likeness (QED) is 0.659. The number of furan rings is 1. The van der Waals surface area contributed by atoms with E-state index in [1.54, 1.807) is 18.4 Å². The van der Waals surface area contributed by atoms with Gasteiger partial charge in [0, 0.05) is 0 Å². The lowest BCUT2D eigenvalue weighted by Gasteiger charge is -2.09. The van der Waals surface area contributed by atoms with Crippen molar-refractivity contribution in [3.8, 4) is 0 Å². The Morgan fingerprint density at radius 3 is 2.87 bits per heavy atom. The molecule has 0 spiro atoms. The van der Waals surface area contributed by atoms with Gasteiger partial charge in [-0.25, -0.2) is 4.79 Å². The first-order chi connectivity index (χ1) is 7.09. The van der Waals surface area contributed by atoms with E-state index in [0.29, 0.717) is 0 Å². The zero-order valence-corrected chi connectivity index (χ0v) is 8.32. The summed E-state index contributed by atoms with van der Waals surface area (Å²) >= 11 is 0. The van der Waals surface area contributed by atoms with Gasteiger partial charge in [0.25, 0.3) is 0 Å². The summed E-state index contributed by atoms with van der Waals surface area (Å²) in [6.07, 6.45) is 1.55. The predicted octanol–water partition coefficient (Wildman–Crippen LogP) is 0.125. The maximum absolute atomic E-state index is 11.0. The molecule has 4 N–H and O–H groups in total. The molecule has 0 fully saturated rings. The number of hydrogen-bond acceptors (Lipinski definition) is 4. The molecule has 1 aromatic rings. The van der Waals surface area contributed by atoms with Gasteiger partial charge in [-0.2, -0.15) is 0 Å². The molecule has 6 nitrogen and oxygen atoms in total. The van der Waals surface area contributed by atoms with Crippen LogP contribution in [-0.2, 0) is 4.79 Å². The van der Waals surface area contributed by atoms with Crippen LogP contribution in [0.1, 0.15) is 18.7 Å². The van der Waals surface area contributed by atoms with Gasteiger partial charge < -0.3 is 10.2 Å². The largest absolute Gasteiger partial charge is 0.468 e. The molecule has 1 rings (SSSR count). The normalized spacial score (nSPS) is 12.1. The fourth-order valence-corrected chi connectivity index (χ4v) is 1.07. The highest BCUT2D eigenvalue weighted by Gasteiger charge is 2.10. The Bertz CT molecular complexity index is 334. The minimum absolute atomic E-state index is 0.00477. The number of nitrogens with one attached hydrogen (secondary N) is 2. The SMILES string of the molecule is C[C@@H](NCC(=O)NC(N)=O)c1ccco1. The maximum Gasteiger partial charge on any atom is 0.318 e. The third kappa shape index (κ3) is 3.82. The van der Waals surface area contributed by atoms with Crippen molar-refractivity contribution in [2.75, 3.05) is 6.54 Å². The number of primary amides is 1. The number of amides is 3. The van der Waals surface area contributed by atoms with Crippen molar-refractivity contribution < 1.29 is 14.0 Å². The maximum atomic E-state index is 11.0. The molecule has 6 heteroatoms. The second-order valence-corrected chi connectivity index (χ2v) is 3.03. The monoisotopic (exact) mass is 211 g/mol. The Hall–Kier alpha value is -1.82. The third-order valence-corrected chi connectivity index (χ3v) is 1.80. The molecular formula is C9H13N3O3. The van der Waals surface area contributed by atoms with E-state index in [1.807, 2.05) is 12.2 Å². The van der Waals surface area contributed by atoms with Gasteiger partial charge in [-0.05, 0) is 19.1 Å². The van der Waals surface area contributed by atoms with Crippen molar-refractivity contribution in [1.82, 2.24) is 10.6 Å². The first-order valence-corrected chi connectivity index (χ1v) is 4.45. The Morgan fingerprint density at radius 1 is 1.60 bits per heavy atom. The summed E-state index contributed by atoms with van der Waals surface area (Å²) in [5.41, 5.74) is 4.78. The molecule has 1 atom stereocenters. The summed E-state index contributed by atoms with van der Waals surface area (Å²) in [5, 5.41) is 4.83. The summed E-state index contributed by atoms with van der Waals surface area (Å²) in [5.74, 6) is 0.253. The number of carbonyl (C=O) groups is 2. The van der Waals surface area contributed by atoms with E-state index >= 15 is 0 Å². The number of imide groups is 1. The first kappa shape index (κ1) is 11.3. The Balaban J connectivity index is 2.31. The molecule has 0 saturated heterocycles. The summed E-state index contributed by atoms with van der Waals surface area (Å²) < 4.78 is 5.12. The molecule has 15 heavy (non-hydrogen) atoms. The Labute approximate surface area is 86.8 Å². The van der Waals surface area contributed by atoms with Crippen LogP contribution in [0.15, 0.2) is 22.8 Å². The molecule has 0 saturated carbocycles. The summed E-state index contributed by atoms with van der Waals surface area (Å²) in [4.78, 5) is 21.3. The molecule has 0 radical (unpaired) electrons. The topological polar surface area (TPSA) is 97.4 Å². The Kier molecular flexibility index (Phi) is 3.87. The van der Waals surface area contributed by atoms with Gasteiger partial charge in [0.15, 0.2) is 0 Å². The van der Waals surface area contributed by atoms with E-state index in [4.69, 9.17) is 10.2 Å². The zero-order chi connectivity index (χ0) is 11.3. The van der Waals surface area contributed by atoms with E-state index in [9.17, 15) is 9.59 Å². The molecule has 0 aliphatic heterocycles. The second-order valence-electron chi connectivity index (χ2n) is 3.03. The van der Waals surface area contributed by atoms with Gasteiger partial charge in [0.05, 0.1) is 18.8 Å². The zero-order valence-electron chi connectivity index (χ0n) is 8.32.